The van der Waals surface area contributed by atoms with Crippen molar-refractivity contribution in [3.8, 4) is 97.4 Å². The lowest BCUT2D eigenvalue weighted by atomic mass is 9.92. The van der Waals surface area contributed by atoms with E-state index in [0.717, 1.165) is 0 Å². The molecule has 67 heavy (non-hydrogen) atoms. The van der Waals surface area contributed by atoms with Crippen molar-refractivity contribution in [2.45, 2.75) is 30.7 Å². The average molecular weight is 939 g/mol. The minimum Gasteiger partial charge on any atom is -0.504 e. The number of fused-ring (bicyclic) bond motifs is 4. The second-order valence-electron chi connectivity index (χ2n) is 14.3. The first-order chi connectivity index (χ1) is 31.5. The molecule has 0 aromatic heterocycles. The van der Waals surface area contributed by atoms with Gasteiger partial charge in [0.15, 0.2) is 87.0 Å². The Hall–Kier alpha value is -9.59. The van der Waals surface area contributed by atoms with Crippen LogP contribution in [0.1, 0.15) is 51.8 Å². The van der Waals surface area contributed by atoms with Crippen molar-refractivity contribution in [1.29, 1.82) is 0 Å². The van der Waals surface area contributed by atoms with Gasteiger partial charge in [0, 0.05) is 11.1 Å². The van der Waals surface area contributed by atoms with Gasteiger partial charge in [0.2, 0.25) is 23.9 Å². The number of phenols is 15. The van der Waals surface area contributed by atoms with Gasteiger partial charge in [0.05, 0.1) is 27.8 Å². The van der Waals surface area contributed by atoms with Crippen LogP contribution in [0.15, 0.2) is 48.5 Å². The van der Waals surface area contributed by atoms with Gasteiger partial charge in [-0.05, 0) is 48.5 Å². The van der Waals surface area contributed by atoms with Crippen LogP contribution in [0.5, 0.6) is 86.2 Å². The molecule has 26 heteroatoms. The van der Waals surface area contributed by atoms with Gasteiger partial charge in [-0.1, -0.05) is 0 Å². The summed E-state index contributed by atoms with van der Waals surface area (Å²) in [6.07, 6.45) is -12.2. The van der Waals surface area contributed by atoms with Gasteiger partial charge in [-0.2, -0.15) is 0 Å². The molecule has 2 aliphatic rings. The third kappa shape index (κ3) is 8.12. The number of carbonyl (C=O) groups is 5. The molecule has 0 aliphatic carbocycles. The fourth-order valence-corrected chi connectivity index (χ4v) is 6.77. The van der Waals surface area contributed by atoms with E-state index in [-0.39, 0.29) is 0 Å². The maximum Gasteiger partial charge on any atom is 0.340 e. The molecule has 2 aliphatic heterocycles. The molecule has 2 heterocycles. The molecule has 350 valence electrons. The van der Waals surface area contributed by atoms with E-state index in [1.165, 1.54) is 0 Å². The molecule has 1 saturated heterocycles. The van der Waals surface area contributed by atoms with E-state index in [9.17, 15) is 101 Å². The van der Waals surface area contributed by atoms with E-state index in [4.69, 9.17) is 28.4 Å². The number of rotatable bonds is 6. The second kappa shape index (κ2) is 16.8. The lowest BCUT2D eigenvalue weighted by Crippen LogP contribution is -2.63. The summed E-state index contributed by atoms with van der Waals surface area (Å²) in [5, 5.41) is 154. The molecule has 0 unspecified atom stereocenters. The van der Waals surface area contributed by atoms with Gasteiger partial charge in [-0.25, -0.2) is 24.0 Å². The number of aromatic hydroxyl groups is 15. The Morgan fingerprint density at radius 3 is 1.18 bits per heavy atom. The first-order valence-corrected chi connectivity index (χ1v) is 18.5. The summed E-state index contributed by atoms with van der Waals surface area (Å²) in [4.78, 5) is 69.7. The summed E-state index contributed by atoms with van der Waals surface area (Å²) < 4.78 is 33.4. The monoisotopic (exact) mass is 938 g/mol. The highest BCUT2D eigenvalue weighted by Crippen LogP contribution is 2.53. The summed E-state index contributed by atoms with van der Waals surface area (Å²) in [5.74, 6) is -26.5. The molecule has 0 radical (unpaired) electrons. The Kier molecular flexibility index (Phi) is 11.4. The summed E-state index contributed by atoms with van der Waals surface area (Å²) >= 11 is 0. The zero-order valence-corrected chi connectivity index (χ0v) is 32.9. The number of cyclic esters (lactones) is 1. The first-order valence-electron chi connectivity index (χ1n) is 18.5. The summed E-state index contributed by atoms with van der Waals surface area (Å²) in [6.45, 7) is -1.26. The van der Waals surface area contributed by atoms with Gasteiger partial charge in [-0.15, -0.1) is 0 Å². The number of phenolic OH excluding ortho intramolecular Hbond substituents is 15. The van der Waals surface area contributed by atoms with Crippen LogP contribution in [-0.2, 0) is 28.4 Å². The second-order valence-corrected chi connectivity index (χ2v) is 14.3. The smallest absolute Gasteiger partial charge is 0.340 e. The van der Waals surface area contributed by atoms with E-state index < -0.39 is 192 Å². The number of carbonyl (C=O) groups excluding carboxylic acids is 5. The summed E-state index contributed by atoms with van der Waals surface area (Å²) in [6, 6.07) is 4.13. The molecule has 0 saturated carbocycles. The largest absolute Gasteiger partial charge is 0.504 e. The Morgan fingerprint density at radius 1 is 0.433 bits per heavy atom. The van der Waals surface area contributed by atoms with E-state index in [1.807, 2.05) is 0 Å². The molecule has 5 aromatic carbocycles. The topological polar surface area (TPSA) is 444 Å². The van der Waals surface area contributed by atoms with Crippen molar-refractivity contribution in [3.63, 3.8) is 0 Å². The van der Waals surface area contributed by atoms with Crippen LogP contribution in [0.3, 0.4) is 0 Å². The van der Waals surface area contributed by atoms with Crippen LogP contribution in [0.2, 0.25) is 0 Å². The standard InChI is InChI=1S/C41H30O26/c42-15-1-10(2-16(43)26(15)50)36(57)65-34-33-23(9-62-39(60)13-7-21(48)29(53)31(55)24(13)25-14(40(61)64-33)8-22(49)30(54)32(25)56)63-41(67-38(59)12-5-19(46)28(52)20(47)6-12)35(34)66-37(58)11-3-17(44)27(51)18(45)4-11/h1-8,23,33-35,41-56H,9H2/t23-,33-,34+,35-,41-/m1/s1. The van der Waals surface area contributed by atoms with Crippen molar-refractivity contribution in [1.82, 2.24) is 0 Å². The zero-order valence-electron chi connectivity index (χ0n) is 32.9. The molecule has 5 aromatic rings. The summed E-state index contributed by atoms with van der Waals surface area (Å²) in [5.41, 5.74) is -6.64. The molecule has 7 rings (SSSR count). The highest BCUT2D eigenvalue weighted by atomic mass is 16.7. The number of ether oxygens (including phenoxy) is 6. The average Bonchev–Trinajstić information content (AvgIpc) is 3.29. The maximum atomic E-state index is 14.4. The third-order valence-corrected chi connectivity index (χ3v) is 10.0. The predicted molar refractivity (Wildman–Crippen MR) is 208 cm³/mol. The van der Waals surface area contributed by atoms with Crippen LogP contribution in [0, 0.1) is 0 Å². The number of esters is 5. The van der Waals surface area contributed by atoms with Gasteiger partial charge >= 0.3 is 29.8 Å². The quantitative estimate of drug-likeness (QED) is 0.0654. The van der Waals surface area contributed by atoms with E-state index >= 15 is 0 Å². The molecule has 5 atom stereocenters. The number of hydrogen-bond acceptors (Lipinski definition) is 26. The van der Waals surface area contributed by atoms with Crippen molar-refractivity contribution in [2.24, 2.45) is 0 Å². The van der Waals surface area contributed by atoms with Gasteiger partial charge < -0.3 is 105 Å². The van der Waals surface area contributed by atoms with E-state index in [0.29, 0.717) is 48.5 Å². The van der Waals surface area contributed by atoms with E-state index in [1.54, 1.807) is 0 Å². The third-order valence-electron chi connectivity index (χ3n) is 10.0. The Balaban J connectivity index is 1.44. The van der Waals surface area contributed by atoms with Crippen LogP contribution in [-0.4, -0.2) is 144 Å². The molecule has 26 nitrogen and oxygen atoms in total. The SMILES string of the molecule is O=C(O[C@H]1O[C@@H]2COC(=O)c3cc(O)c(O)c(O)c3-c3c(cc(O)c(O)c3O)C(=O)O[C@H]2[C@H](OC(=O)c2cc(O)c(O)c(O)c2)[C@H]1OC(=O)c1cc(O)c(O)c(O)c1)c1cc(O)c(O)c(O)c1. The first kappa shape index (κ1) is 45.4. The Bertz CT molecular complexity index is 2870. The van der Waals surface area contributed by atoms with Crippen molar-refractivity contribution in [2.75, 3.05) is 6.61 Å². The van der Waals surface area contributed by atoms with Gasteiger partial charge in [-0.3, -0.25) is 0 Å². The molecule has 15 N–H and O–H groups in total. The fraction of sp³-hybridized carbons (Fsp3) is 0.146. The lowest BCUT2D eigenvalue weighted by molar-refractivity contribution is -0.282. The molecule has 0 spiro atoms. The zero-order chi connectivity index (χ0) is 49.1. The predicted octanol–water partition coefficient (Wildman–Crippen LogP) is 1.67. The molecule has 0 amide bonds. The minimum absolute atomic E-state index is 0.402. The van der Waals surface area contributed by atoms with Gasteiger partial charge in [0.1, 0.15) is 12.7 Å². The highest BCUT2D eigenvalue weighted by Gasteiger charge is 2.55. The summed E-state index contributed by atoms with van der Waals surface area (Å²) in [7, 11) is 0. The van der Waals surface area contributed by atoms with Crippen LogP contribution in [0.25, 0.3) is 11.1 Å². The molecular formula is C41H30O26. The van der Waals surface area contributed by atoms with Crippen LogP contribution in [0.4, 0.5) is 0 Å². The van der Waals surface area contributed by atoms with Gasteiger partial charge in [0.25, 0.3) is 0 Å². The van der Waals surface area contributed by atoms with Crippen molar-refractivity contribution in [3.05, 3.63) is 76.3 Å². The maximum absolute atomic E-state index is 14.4. The number of hydrogen-bond donors (Lipinski definition) is 15. The van der Waals surface area contributed by atoms with Crippen LogP contribution < -0.4 is 0 Å². The molecule has 0 bridgehead atoms. The van der Waals surface area contributed by atoms with E-state index in [2.05, 4.69) is 0 Å². The van der Waals surface area contributed by atoms with Crippen molar-refractivity contribution >= 4 is 29.8 Å². The highest BCUT2D eigenvalue weighted by molar-refractivity contribution is 6.08. The molecular weight excluding hydrogens is 908 g/mol. The number of benzene rings is 5. The normalized spacial score (nSPS) is 19.0. The fourth-order valence-electron chi connectivity index (χ4n) is 6.77. The Morgan fingerprint density at radius 2 is 0.776 bits per heavy atom. The Labute approximate surface area is 369 Å². The van der Waals surface area contributed by atoms with Crippen molar-refractivity contribution < 1.29 is 129 Å². The molecule has 1 fully saturated rings. The van der Waals surface area contributed by atoms with Crippen LogP contribution >= 0.6 is 0 Å². The minimum atomic E-state index is -2.55. The lowest BCUT2D eigenvalue weighted by Gasteiger charge is -2.43.